The van der Waals surface area contributed by atoms with Gasteiger partial charge in [-0.15, -0.1) is 5.10 Å². The number of aryl methyl sites for hydroxylation is 2. The van der Waals surface area contributed by atoms with Gasteiger partial charge in [-0.1, -0.05) is 0 Å². The van der Waals surface area contributed by atoms with Crippen LogP contribution in [0.3, 0.4) is 0 Å². The molecular weight excluding hydrogens is 254 g/mol. The van der Waals surface area contributed by atoms with E-state index in [1.807, 2.05) is 0 Å². The fourth-order valence-corrected chi connectivity index (χ4v) is 1.19. The van der Waals surface area contributed by atoms with Crippen molar-refractivity contribution < 1.29 is 19.8 Å². The summed E-state index contributed by atoms with van der Waals surface area (Å²) in [4.78, 5) is 26.3. The molecule has 0 saturated carbocycles. The number of rotatable bonds is 5. The summed E-state index contributed by atoms with van der Waals surface area (Å²) >= 11 is 0. The Hall–Kier alpha value is -2.29. The number of carbonyl (C=O) groups is 2. The molecule has 2 amide bonds. The molecule has 0 spiro atoms. The number of amides is 2. The van der Waals surface area contributed by atoms with Gasteiger partial charge in [-0.05, 0) is 13.8 Å². The molecule has 9 heteroatoms. The lowest BCUT2D eigenvalue weighted by molar-refractivity contribution is -0.139. The summed E-state index contributed by atoms with van der Waals surface area (Å²) in [5.74, 6) is -1.25. The zero-order valence-corrected chi connectivity index (χ0v) is 10.5. The lowest BCUT2D eigenvalue weighted by Crippen LogP contribution is -2.43. The summed E-state index contributed by atoms with van der Waals surface area (Å²) in [6.45, 7) is 3.08. The first-order valence-electron chi connectivity index (χ1n) is 5.53. The van der Waals surface area contributed by atoms with E-state index in [4.69, 9.17) is 10.2 Å². The first-order chi connectivity index (χ1) is 8.93. The van der Waals surface area contributed by atoms with Crippen LogP contribution in [0.5, 0.6) is 0 Å². The maximum atomic E-state index is 11.5. The second kappa shape index (κ2) is 6.59. The summed E-state index contributed by atoms with van der Waals surface area (Å²) in [6, 6.07) is -1.95. The summed E-state index contributed by atoms with van der Waals surface area (Å²) in [6.07, 6.45) is -0.0885. The molecule has 0 fully saturated rings. The molecule has 0 bridgehead atoms. The Bertz CT molecular complexity index is 479. The van der Waals surface area contributed by atoms with Crippen LogP contribution in [-0.2, 0) is 4.79 Å². The zero-order valence-electron chi connectivity index (χ0n) is 10.5. The Morgan fingerprint density at radius 3 is 2.47 bits per heavy atom. The molecule has 1 aromatic heterocycles. The van der Waals surface area contributed by atoms with Crippen molar-refractivity contribution in [1.82, 2.24) is 20.5 Å². The number of carbonyl (C=O) groups excluding carboxylic acids is 1. The fraction of sp³-hybridized carbons (Fsp3) is 0.500. The van der Waals surface area contributed by atoms with Crippen LogP contribution in [0.15, 0.2) is 0 Å². The molecule has 0 radical (unpaired) electrons. The van der Waals surface area contributed by atoms with Gasteiger partial charge in [0.2, 0.25) is 0 Å². The van der Waals surface area contributed by atoms with E-state index < -0.39 is 18.0 Å². The monoisotopic (exact) mass is 269 g/mol. The molecule has 1 unspecified atom stereocenters. The Kier molecular flexibility index (Phi) is 5.12. The van der Waals surface area contributed by atoms with E-state index in [0.717, 1.165) is 0 Å². The van der Waals surface area contributed by atoms with E-state index in [2.05, 4.69) is 25.8 Å². The number of aromatic nitrogens is 3. The number of carboxylic acids is 1. The van der Waals surface area contributed by atoms with Crippen LogP contribution in [0.25, 0.3) is 0 Å². The molecule has 0 aliphatic heterocycles. The van der Waals surface area contributed by atoms with E-state index in [1.54, 1.807) is 13.8 Å². The average Bonchev–Trinajstić information content (AvgIpc) is 2.33. The molecule has 1 heterocycles. The highest BCUT2D eigenvalue weighted by Crippen LogP contribution is 2.02. The van der Waals surface area contributed by atoms with Crippen molar-refractivity contribution in [2.45, 2.75) is 26.3 Å². The largest absolute Gasteiger partial charge is 0.480 e. The zero-order chi connectivity index (χ0) is 14.4. The van der Waals surface area contributed by atoms with Crippen molar-refractivity contribution >= 4 is 17.9 Å². The normalized spacial score (nSPS) is 11.7. The summed E-state index contributed by atoms with van der Waals surface area (Å²) in [5, 5.41) is 29.4. The second-order valence-corrected chi connectivity index (χ2v) is 3.81. The molecule has 9 nitrogen and oxygen atoms in total. The first-order valence-corrected chi connectivity index (χ1v) is 5.53. The number of hydrogen-bond acceptors (Lipinski definition) is 6. The maximum Gasteiger partial charge on any atom is 0.326 e. The topological polar surface area (TPSA) is 137 Å². The van der Waals surface area contributed by atoms with Crippen LogP contribution in [0.2, 0.25) is 0 Å². The number of anilines is 1. The minimum Gasteiger partial charge on any atom is -0.480 e. The van der Waals surface area contributed by atoms with Gasteiger partial charge in [0.15, 0.2) is 0 Å². The standard InChI is InChI=1S/C10H15N5O4/c1-5-6(2)14-15-9(11-5)13-10(19)12-7(3-4-16)8(17)18/h7,16H,3-4H2,1-2H3,(H,17,18)(H2,11,12,13,15,19). The Morgan fingerprint density at radius 2 is 1.95 bits per heavy atom. The Balaban J connectivity index is 2.63. The molecule has 1 atom stereocenters. The van der Waals surface area contributed by atoms with Crippen molar-refractivity contribution in [3.05, 3.63) is 11.4 Å². The van der Waals surface area contributed by atoms with Gasteiger partial charge in [0.25, 0.3) is 5.95 Å². The number of nitrogens with zero attached hydrogens (tertiary/aromatic N) is 3. The molecule has 0 aromatic carbocycles. The van der Waals surface area contributed by atoms with Crippen LogP contribution in [-0.4, -0.2) is 50.0 Å². The molecule has 1 rings (SSSR count). The molecule has 0 aliphatic carbocycles. The molecule has 0 saturated heterocycles. The number of aliphatic carboxylic acids is 1. The predicted molar refractivity (Wildman–Crippen MR) is 64.6 cm³/mol. The van der Waals surface area contributed by atoms with Gasteiger partial charge in [-0.2, -0.15) is 5.10 Å². The van der Waals surface area contributed by atoms with Crippen LogP contribution < -0.4 is 10.6 Å². The minimum absolute atomic E-state index is 0.0197. The maximum absolute atomic E-state index is 11.5. The van der Waals surface area contributed by atoms with Gasteiger partial charge in [0.1, 0.15) is 6.04 Å². The molecule has 104 valence electrons. The van der Waals surface area contributed by atoms with Crippen molar-refractivity contribution in [3.8, 4) is 0 Å². The van der Waals surface area contributed by atoms with Crippen LogP contribution in [0, 0.1) is 13.8 Å². The van der Waals surface area contributed by atoms with E-state index in [1.165, 1.54) is 0 Å². The van der Waals surface area contributed by atoms with Gasteiger partial charge in [-0.25, -0.2) is 14.6 Å². The summed E-state index contributed by atoms with van der Waals surface area (Å²) < 4.78 is 0. The van der Waals surface area contributed by atoms with Crippen LogP contribution in [0.1, 0.15) is 17.8 Å². The molecule has 1 aromatic rings. The Labute approximate surface area is 109 Å². The summed E-state index contributed by atoms with van der Waals surface area (Å²) in [7, 11) is 0. The predicted octanol–water partition coefficient (Wildman–Crippen LogP) is -0.554. The number of urea groups is 1. The third-order valence-electron chi connectivity index (χ3n) is 2.34. The number of aliphatic hydroxyl groups is 1. The van der Waals surface area contributed by atoms with Crippen molar-refractivity contribution in [2.24, 2.45) is 0 Å². The van der Waals surface area contributed by atoms with Crippen molar-refractivity contribution in [3.63, 3.8) is 0 Å². The third-order valence-corrected chi connectivity index (χ3v) is 2.34. The molecule has 0 aliphatic rings. The fourth-order valence-electron chi connectivity index (χ4n) is 1.19. The lowest BCUT2D eigenvalue weighted by Gasteiger charge is -2.13. The highest BCUT2D eigenvalue weighted by Gasteiger charge is 2.19. The van der Waals surface area contributed by atoms with Gasteiger partial charge in [-0.3, -0.25) is 5.32 Å². The average molecular weight is 269 g/mol. The van der Waals surface area contributed by atoms with Gasteiger partial charge < -0.3 is 15.5 Å². The highest BCUT2D eigenvalue weighted by molar-refractivity contribution is 5.90. The van der Waals surface area contributed by atoms with Crippen LogP contribution in [0.4, 0.5) is 10.7 Å². The lowest BCUT2D eigenvalue weighted by atomic mass is 10.2. The molecule has 4 N–H and O–H groups in total. The van der Waals surface area contributed by atoms with Crippen molar-refractivity contribution in [1.29, 1.82) is 0 Å². The number of hydrogen-bond donors (Lipinski definition) is 4. The van der Waals surface area contributed by atoms with E-state index in [-0.39, 0.29) is 19.0 Å². The SMILES string of the molecule is Cc1nnc(NC(=O)NC(CCO)C(=O)O)nc1C. The van der Waals surface area contributed by atoms with Crippen molar-refractivity contribution in [2.75, 3.05) is 11.9 Å². The number of nitrogens with one attached hydrogen (secondary N) is 2. The van der Waals surface area contributed by atoms with E-state index >= 15 is 0 Å². The van der Waals surface area contributed by atoms with Crippen LogP contribution >= 0.6 is 0 Å². The van der Waals surface area contributed by atoms with Gasteiger partial charge >= 0.3 is 12.0 Å². The van der Waals surface area contributed by atoms with Gasteiger partial charge in [0, 0.05) is 13.0 Å². The second-order valence-electron chi connectivity index (χ2n) is 3.81. The minimum atomic E-state index is -1.23. The third kappa shape index (κ3) is 4.47. The summed E-state index contributed by atoms with van der Waals surface area (Å²) in [5.41, 5.74) is 1.24. The smallest absolute Gasteiger partial charge is 0.326 e. The number of aliphatic hydroxyl groups excluding tert-OH is 1. The molecule has 19 heavy (non-hydrogen) atoms. The Morgan fingerprint density at radius 1 is 1.26 bits per heavy atom. The number of carboxylic acid groups (broad SMARTS) is 1. The first kappa shape index (κ1) is 14.8. The van der Waals surface area contributed by atoms with Gasteiger partial charge in [0.05, 0.1) is 11.4 Å². The van der Waals surface area contributed by atoms with E-state index in [0.29, 0.717) is 11.4 Å². The highest BCUT2D eigenvalue weighted by atomic mass is 16.4. The molecular formula is C10H15N5O4. The quantitative estimate of drug-likeness (QED) is 0.562. The van der Waals surface area contributed by atoms with E-state index in [9.17, 15) is 9.59 Å².